The average molecular weight is 425 g/mol. The smallest absolute Gasteiger partial charge is 0.270 e. The van der Waals surface area contributed by atoms with Gasteiger partial charge in [0.25, 0.3) is 5.56 Å². The molecule has 0 saturated heterocycles. The summed E-state index contributed by atoms with van der Waals surface area (Å²) in [6, 6.07) is 17.5. The minimum absolute atomic E-state index is 0.0790. The molecule has 0 aliphatic heterocycles. The minimum Gasteiger partial charge on any atom is -0.385 e. The Morgan fingerprint density at radius 1 is 1.03 bits per heavy atom. The number of hydrogen-bond donors (Lipinski definition) is 1. The van der Waals surface area contributed by atoms with E-state index in [-0.39, 0.29) is 5.56 Å². The van der Waals surface area contributed by atoms with Crippen molar-refractivity contribution in [3.05, 3.63) is 81.1 Å². The number of nitrogens with zero attached hydrogens (tertiary/aromatic N) is 3. The highest BCUT2D eigenvalue weighted by atomic mass is 35.5. The number of hydrogen-bond acceptors (Lipinski definition) is 4. The zero-order chi connectivity index (χ0) is 21.5. The molecule has 0 saturated carbocycles. The van der Waals surface area contributed by atoms with Crippen molar-refractivity contribution >= 4 is 17.3 Å². The molecule has 0 fully saturated rings. The van der Waals surface area contributed by atoms with E-state index in [4.69, 9.17) is 11.6 Å². The van der Waals surface area contributed by atoms with Gasteiger partial charge in [-0.1, -0.05) is 35.9 Å². The topological polar surface area (TPSA) is 50.2 Å². The van der Waals surface area contributed by atoms with Gasteiger partial charge >= 0.3 is 0 Å². The molecule has 2 aromatic carbocycles. The van der Waals surface area contributed by atoms with Crippen molar-refractivity contribution in [3.8, 4) is 11.3 Å². The maximum atomic E-state index is 12.6. The quantitative estimate of drug-likeness (QED) is 0.507. The van der Waals surface area contributed by atoms with Crippen molar-refractivity contribution in [1.29, 1.82) is 0 Å². The number of benzene rings is 2. The van der Waals surface area contributed by atoms with Crippen LogP contribution in [0.3, 0.4) is 0 Å². The molecule has 158 valence electrons. The standard InChI is InChI=1S/C24H29ClN4O/c1-18-16-23(27-29(24(18)30)17-19-6-10-21(25)11-7-19)20-8-12-22(13-9-20)26-14-4-5-15-28(2)3/h6-13,16,26H,4-5,14-15,17H2,1-3H3. The lowest BCUT2D eigenvalue weighted by Gasteiger charge is -2.11. The molecule has 3 aromatic rings. The van der Waals surface area contributed by atoms with E-state index in [1.165, 1.54) is 11.1 Å². The fourth-order valence-electron chi connectivity index (χ4n) is 3.23. The van der Waals surface area contributed by atoms with E-state index in [2.05, 4.69) is 41.5 Å². The van der Waals surface area contributed by atoms with Crippen molar-refractivity contribution in [2.24, 2.45) is 0 Å². The van der Waals surface area contributed by atoms with Gasteiger partial charge in [0.15, 0.2) is 0 Å². The fraction of sp³-hybridized carbons (Fsp3) is 0.333. The van der Waals surface area contributed by atoms with E-state index in [0.29, 0.717) is 17.1 Å². The summed E-state index contributed by atoms with van der Waals surface area (Å²) >= 11 is 5.96. The number of anilines is 1. The van der Waals surface area contributed by atoms with E-state index in [0.717, 1.165) is 42.0 Å². The number of nitrogens with one attached hydrogen (secondary N) is 1. The molecule has 0 bridgehead atoms. The highest BCUT2D eigenvalue weighted by Gasteiger charge is 2.08. The maximum absolute atomic E-state index is 12.6. The number of halogens is 1. The Balaban J connectivity index is 1.70. The number of unbranched alkanes of at least 4 members (excludes halogenated alkanes) is 1. The third-order valence-corrected chi connectivity index (χ3v) is 5.19. The molecule has 0 atom stereocenters. The van der Waals surface area contributed by atoms with Crippen LogP contribution in [0.15, 0.2) is 59.4 Å². The van der Waals surface area contributed by atoms with Gasteiger partial charge in [-0.3, -0.25) is 4.79 Å². The van der Waals surface area contributed by atoms with Gasteiger partial charge in [0, 0.05) is 28.4 Å². The molecule has 0 radical (unpaired) electrons. The molecule has 1 N–H and O–H groups in total. The van der Waals surface area contributed by atoms with Crippen LogP contribution >= 0.6 is 11.6 Å². The van der Waals surface area contributed by atoms with E-state index < -0.39 is 0 Å². The van der Waals surface area contributed by atoms with Crippen molar-refractivity contribution < 1.29 is 0 Å². The number of aryl methyl sites for hydroxylation is 1. The van der Waals surface area contributed by atoms with Crippen molar-refractivity contribution in [3.63, 3.8) is 0 Å². The molecule has 0 amide bonds. The van der Waals surface area contributed by atoms with Crippen LogP contribution < -0.4 is 10.9 Å². The third kappa shape index (κ3) is 6.18. The Morgan fingerprint density at radius 3 is 2.40 bits per heavy atom. The Bertz CT molecular complexity index is 1010. The summed E-state index contributed by atoms with van der Waals surface area (Å²) in [7, 11) is 4.20. The first-order chi connectivity index (χ1) is 14.4. The van der Waals surface area contributed by atoms with Gasteiger partial charge in [0.2, 0.25) is 0 Å². The lowest BCUT2D eigenvalue weighted by molar-refractivity contribution is 0.396. The largest absolute Gasteiger partial charge is 0.385 e. The number of rotatable bonds is 9. The highest BCUT2D eigenvalue weighted by molar-refractivity contribution is 6.30. The van der Waals surface area contributed by atoms with Gasteiger partial charge in [0.1, 0.15) is 0 Å². The van der Waals surface area contributed by atoms with Crippen LogP contribution in [0.4, 0.5) is 5.69 Å². The monoisotopic (exact) mass is 424 g/mol. The van der Waals surface area contributed by atoms with E-state index >= 15 is 0 Å². The second-order valence-corrected chi connectivity index (χ2v) is 8.25. The summed E-state index contributed by atoms with van der Waals surface area (Å²) in [6.45, 7) is 4.31. The predicted molar refractivity (Wildman–Crippen MR) is 126 cm³/mol. The number of aromatic nitrogens is 2. The molecule has 30 heavy (non-hydrogen) atoms. The molecule has 5 nitrogen and oxygen atoms in total. The summed E-state index contributed by atoms with van der Waals surface area (Å²) in [4.78, 5) is 14.8. The normalized spacial score (nSPS) is 11.1. The lowest BCUT2D eigenvalue weighted by atomic mass is 10.1. The molecule has 1 aromatic heterocycles. The van der Waals surface area contributed by atoms with Gasteiger partial charge in [-0.05, 0) is 76.3 Å². The van der Waals surface area contributed by atoms with Crippen molar-refractivity contribution in [2.75, 3.05) is 32.5 Å². The van der Waals surface area contributed by atoms with Gasteiger partial charge in [-0.15, -0.1) is 0 Å². The molecule has 1 heterocycles. The Labute approximate surface area is 183 Å². The summed E-state index contributed by atoms with van der Waals surface area (Å²) in [5, 5.41) is 8.74. The summed E-state index contributed by atoms with van der Waals surface area (Å²) in [5.41, 5.74) is 4.45. The second-order valence-electron chi connectivity index (χ2n) is 7.82. The Morgan fingerprint density at radius 2 is 1.73 bits per heavy atom. The van der Waals surface area contributed by atoms with Crippen molar-refractivity contribution in [1.82, 2.24) is 14.7 Å². The van der Waals surface area contributed by atoms with Crippen LogP contribution in [-0.2, 0) is 6.54 Å². The van der Waals surface area contributed by atoms with E-state index in [1.807, 2.05) is 49.4 Å². The zero-order valence-electron chi connectivity index (χ0n) is 17.9. The summed E-state index contributed by atoms with van der Waals surface area (Å²) in [5.74, 6) is 0. The molecule has 0 aliphatic carbocycles. The van der Waals surface area contributed by atoms with Crippen LogP contribution in [0.5, 0.6) is 0 Å². The molecule has 0 unspecified atom stereocenters. The maximum Gasteiger partial charge on any atom is 0.270 e. The Kier molecular flexibility index (Phi) is 7.66. The first-order valence-electron chi connectivity index (χ1n) is 10.2. The molecule has 0 spiro atoms. The molecular weight excluding hydrogens is 396 g/mol. The van der Waals surface area contributed by atoms with Crippen LogP contribution in [0.2, 0.25) is 5.02 Å². The SMILES string of the molecule is Cc1cc(-c2ccc(NCCCCN(C)C)cc2)nn(Cc2ccc(Cl)cc2)c1=O. The molecule has 0 aliphatic rings. The van der Waals surface area contributed by atoms with Crippen LogP contribution in [-0.4, -0.2) is 41.9 Å². The molecule has 6 heteroatoms. The van der Waals surface area contributed by atoms with Gasteiger partial charge in [-0.25, -0.2) is 4.68 Å². The van der Waals surface area contributed by atoms with Crippen LogP contribution in [0, 0.1) is 6.92 Å². The van der Waals surface area contributed by atoms with Crippen molar-refractivity contribution in [2.45, 2.75) is 26.3 Å². The van der Waals surface area contributed by atoms with Gasteiger partial charge in [-0.2, -0.15) is 5.10 Å². The van der Waals surface area contributed by atoms with Crippen LogP contribution in [0.25, 0.3) is 11.3 Å². The first kappa shape index (κ1) is 22.1. The predicted octanol–water partition coefficient (Wildman–Crippen LogP) is 4.67. The summed E-state index contributed by atoms with van der Waals surface area (Å²) < 4.78 is 1.52. The lowest BCUT2D eigenvalue weighted by Crippen LogP contribution is -2.25. The molecule has 3 rings (SSSR count). The van der Waals surface area contributed by atoms with Gasteiger partial charge in [0.05, 0.1) is 12.2 Å². The minimum atomic E-state index is -0.0790. The third-order valence-electron chi connectivity index (χ3n) is 4.94. The van der Waals surface area contributed by atoms with E-state index in [1.54, 1.807) is 0 Å². The average Bonchev–Trinajstić information content (AvgIpc) is 2.73. The first-order valence-corrected chi connectivity index (χ1v) is 10.6. The zero-order valence-corrected chi connectivity index (χ0v) is 18.6. The fourth-order valence-corrected chi connectivity index (χ4v) is 3.36. The molecular formula is C24H29ClN4O. The summed E-state index contributed by atoms with van der Waals surface area (Å²) in [6.07, 6.45) is 2.31. The van der Waals surface area contributed by atoms with Gasteiger partial charge < -0.3 is 10.2 Å². The second kappa shape index (κ2) is 10.4. The Hall–Kier alpha value is -2.63. The highest BCUT2D eigenvalue weighted by Crippen LogP contribution is 2.20. The van der Waals surface area contributed by atoms with Crippen LogP contribution in [0.1, 0.15) is 24.0 Å². The van der Waals surface area contributed by atoms with E-state index in [9.17, 15) is 4.79 Å².